The number of hydrogen-bond acceptors (Lipinski definition) is 3. The Morgan fingerprint density at radius 1 is 1.05 bits per heavy atom. The Morgan fingerprint density at radius 2 is 1.75 bits per heavy atom. The topological polar surface area (TPSA) is 18.5 Å². The fourth-order valence-corrected chi connectivity index (χ4v) is 4.05. The van der Waals surface area contributed by atoms with Gasteiger partial charge >= 0.3 is 0 Å². The van der Waals surface area contributed by atoms with Crippen LogP contribution in [0.5, 0.6) is 0 Å². The highest BCUT2D eigenvalue weighted by atomic mass is 15.2. The molecule has 0 spiro atoms. The molecule has 3 heteroatoms. The van der Waals surface area contributed by atoms with E-state index in [1.165, 1.54) is 84.2 Å². The van der Waals surface area contributed by atoms with Gasteiger partial charge < -0.3 is 15.1 Å². The third-order valence-corrected chi connectivity index (χ3v) is 5.27. The van der Waals surface area contributed by atoms with E-state index in [2.05, 4.69) is 29.1 Å². The van der Waals surface area contributed by atoms with Crippen LogP contribution in [0, 0.1) is 5.41 Å². The Labute approximate surface area is 126 Å². The summed E-state index contributed by atoms with van der Waals surface area (Å²) >= 11 is 0. The van der Waals surface area contributed by atoms with Gasteiger partial charge in [-0.3, -0.25) is 0 Å². The van der Waals surface area contributed by atoms with Crippen molar-refractivity contribution in [2.75, 3.05) is 52.9 Å². The highest BCUT2D eigenvalue weighted by molar-refractivity contribution is 4.87. The van der Waals surface area contributed by atoms with Gasteiger partial charge in [-0.1, -0.05) is 26.2 Å². The highest BCUT2D eigenvalue weighted by Crippen LogP contribution is 2.36. The molecule has 20 heavy (non-hydrogen) atoms. The lowest BCUT2D eigenvalue weighted by Gasteiger charge is -2.40. The lowest BCUT2D eigenvalue weighted by Crippen LogP contribution is -2.45. The predicted octanol–water partition coefficient (Wildman–Crippen LogP) is 2.57. The van der Waals surface area contributed by atoms with Crippen molar-refractivity contribution in [2.24, 2.45) is 5.41 Å². The zero-order valence-electron chi connectivity index (χ0n) is 13.8. The molecule has 0 aromatic rings. The van der Waals surface area contributed by atoms with E-state index in [-0.39, 0.29) is 0 Å². The molecule has 0 atom stereocenters. The zero-order chi connectivity index (χ0) is 14.3. The molecule has 1 aliphatic carbocycles. The summed E-state index contributed by atoms with van der Waals surface area (Å²) in [5.41, 5.74) is 0.550. The van der Waals surface area contributed by atoms with Gasteiger partial charge in [-0.25, -0.2) is 0 Å². The van der Waals surface area contributed by atoms with Crippen molar-refractivity contribution in [3.63, 3.8) is 0 Å². The molecule has 1 saturated heterocycles. The van der Waals surface area contributed by atoms with E-state index in [4.69, 9.17) is 0 Å². The van der Waals surface area contributed by atoms with Crippen LogP contribution in [0.2, 0.25) is 0 Å². The second-order valence-electron chi connectivity index (χ2n) is 7.13. The van der Waals surface area contributed by atoms with Crippen LogP contribution < -0.4 is 5.32 Å². The minimum atomic E-state index is 0.550. The van der Waals surface area contributed by atoms with Gasteiger partial charge in [0.2, 0.25) is 0 Å². The van der Waals surface area contributed by atoms with Crippen molar-refractivity contribution in [3.8, 4) is 0 Å². The van der Waals surface area contributed by atoms with Crippen LogP contribution in [0.1, 0.15) is 51.9 Å². The second-order valence-corrected chi connectivity index (χ2v) is 7.13. The van der Waals surface area contributed by atoms with Gasteiger partial charge in [-0.15, -0.1) is 0 Å². The maximum absolute atomic E-state index is 3.62. The Kier molecular flexibility index (Phi) is 6.79. The summed E-state index contributed by atoms with van der Waals surface area (Å²) in [6, 6.07) is 0. The van der Waals surface area contributed by atoms with Gasteiger partial charge in [0, 0.05) is 26.2 Å². The molecule has 0 unspecified atom stereocenters. The molecule has 2 aliphatic rings. The van der Waals surface area contributed by atoms with Gasteiger partial charge in [0.15, 0.2) is 0 Å². The van der Waals surface area contributed by atoms with Crippen molar-refractivity contribution in [1.29, 1.82) is 0 Å². The van der Waals surface area contributed by atoms with Gasteiger partial charge in [-0.2, -0.15) is 0 Å². The first-order valence-corrected chi connectivity index (χ1v) is 8.86. The molecule has 0 aromatic carbocycles. The zero-order valence-corrected chi connectivity index (χ0v) is 13.8. The Balaban J connectivity index is 1.76. The first-order chi connectivity index (χ1) is 9.74. The van der Waals surface area contributed by atoms with Crippen molar-refractivity contribution in [1.82, 2.24) is 15.1 Å². The summed E-state index contributed by atoms with van der Waals surface area (Å²) in [4.78, 5) is 5.23. The van der Waals surface area contributed by atoms with Crippen molar-refractivity contribution < 1.29 is 0 Å². The van der Waals surface area contributed by atoms with Crippen molar-refractivity contribution in [3.05, 3.63) is 0 Å². The lowest BCUT2D eigenvalue weighted by atomic mass is 9.73. The third kappa shape index (κ3) is 5.01. The van der Waals surface area contributed by atoms with E-state index in [0.717, 1.165) is 6.54 Å². The summed E-state index contributed by atoms with van der Waals surface area (Å²) in [5, 5.41) is 3.62. The monoisotopic (exact) mass is 281 g/mol. The fourth-order valence-electron chi connectivity index (χ4n) is 4.05. The molecule has 2 rings (SSSR count). The van der Waals surface area contributed by atoms with Crippen LogP contribution in [-0.4, -0.2) is 62.7 Å². The van der Waals surface area contributed by atoms with E-state index in [1.807, 2.05) is 0 Å². The van der Waals surface area contributed by atoms with Crippen molar-refractivity contribution >= 4 is 0 Å². The quantitative estimate of drug-likeness (QED) is 0.738. The predicted molar refractivity (Wildman–Crippen MR) is 87.2 cm³/mol. The Bertz CT molecular complexity index is 255. The SMILES string of the molecule is CCNCC1(CN(C)CCN2CCCC2)CCCCC1. The first-order valence-electron chi connectivity index (χ1n) is 8.86. The molecule has 0 radical (unpaired) electrons. The third-order valence-electron chi connectivity index (χ3n) is 5.27. The molecule has 0 aromatic heterocycles. The van der Waals surface area contributed by atoms with Crippen LogP contribution in [0.3, 0.4) is 0 Å². The molecular weight excluding hydrogens is 246 g/mol. The molecule has 0 bridgehead atoms. The van der Waals surface area contributed by atoms with Gasteiger partial charge in [-0.05, 0) is 57.8 Å². The van der Waals surface area contributed by atoms with Crippen LogP contribution >= 0.6 is 0 Å². The number of hydrogen-bond donors (Lipinski definition) is 1. The molecule has 2 fully saturated rings. The molecule has 118 valence electrons. The maximum atomic E-state index is 3.62. The molecule has 1 aliphatic heterocycles. The van der Waals surface area contributed by atoms with Crippen LogP contribution in [0.15, 0.2) is 0 Å². The summed E-state index contributed by atoms with van der Waals surface area (Å²) in [6.45, 7) is 11.0. The van der Waals surface area contributed by atoms with Gasteiger partial charge in [0.1, 0.15) is 0 Å². The van der Waals surface area contributed by atoms with E-state index >= 15 is 0 Å². The summed E-state index contributed by atoms with van der Waals surface area (Å²) in [6.07, 6.45) is 9.99. The number of rotatable bonds is 8. The average Bonchev–Trinajstić information content (AvgIpc) is 2.97. The molecule has 1 N–H and O–H groups in total. The summed E-state index contributed by atoms with van der Waals surface area (Å²) in [5.74, 6) is 0. The average molecular weight is 281 g/mol. The van der Waals surface area contributed by atoms with Crippen LogP contribution in [-0.2, 0) is 0 Å². The lowest BCUT2D eigenvalue weighted by molar-refractivity contribution is 0.112. The first kappa shape index (κ1) is 16.3. The Morgan fingerprint density at radius 3 is 2.40 bits per heavy atom. The molecule has 0 amide bonds. The minimum Gasteiger partial charge on any atom is -0.316 e. The second kappa shape index (κ2) is 8.35. The number of nitrogens with zero attached hydrogens (tertiary/aromatic N) is 2. The summed E-state index contributed by atoms with van der Waals surface area (Å²) in [7, 11) is 2.33. The molecule has 3 nitrogen and oxygen atoms in total. The molecular formula is C17H35N3. The van der Waals surface area contributed by atoms with Crippen LogP contribution in [0.25, 0.3) is 0 Å². The smallest absolute Gasteiger partial charge is 0.0109 e. The van der Waals surface area contributed by atoms with Crippen molar-refractivity contribution in [2.45, 2.75) is 51.9 Å². The maximum Gasteiger partial charge on any atom is 0.0109 e. The van der Waals surface area contributed by atoms with E-state index in [1.54, 1.807) is 0 Å². The minimum absolute atomic E-state index is 0.550. The number of likely N-dealkylation sites (N-methyl/N-ethyl adjacent to an activating group) is 1. The van der Waals surface area contributed by atoms with Gasteiger partial charge in [0.05, 0.1) is 0 Å². The molecule has 1 saturated carbocycles. The highest BCUT2D eigenvalue weighted by Gasteiger charge is 2.32. The Hall–Kier alpha value is -0.120. The van der Waals surface area contributed by atoms with Crippen LogP contribution in [0.4, 0.5) is 0 Å². The number of nitrogens with one attached hydrogen (secondary N) is 1. The molecule has 1 heterocycles. The van der Waals surface area contributed by atoms with E-state index in [9.17, 15) is 0 Å². The van der Waals surface area contributed by atoms with E-state index < -0.39 is 0 Å². The van der Waals surface area contributed by atoms with Gasteiger partial charge in [0.25, 0.3) is 0 Å². The van der Waals surface area contributed by atoms with E-state index in [0.29, 0.717) is 5.41 Å². The number of likely N-dealkylation sites (tertiary alicyclic amines) is 1. The largest absolute Gasteiger partial charge is 0.316 e. The standard InChI is InChI=1S/C17H35N3/c1-3-18-15-17(9-5-4-6-10-17)16-19(2)13-14-20-11-7-8-12-20/h18H,3-16H2,1-2H3. The summed E-state index contributed by atoms with van der Waals surface area (Å²) < 4.78 is 0. The normalized spacial score (nSPS) is 23.6. The fraction of sp³-hybridized carbons (Fsp3) is 1.00.